The van der Waals surface area contributed by atoms with Crippen LogP contribution in [-0.2, 0) is 24.5 Å². The second-order valence-electron chi connectivity index (χ2n) is 8.95. The van der Waals surface area contributed by atoms with Crippen LogP contribution in [0.2, 0.25) is 0 Å². The van der Waals surface area contributed by atoms with Crippen LogP contribution < -0.4 is 10.2 Å². The molecule has 1 aromatic rings. The van der Waals surface area contributed by atoms with E-state index in [-0.39, 0.29) is 23.7 Å². The average Bonchev–Trinajstić information content (AvgIpc) is 3.52. The molecule has 186 valence electrons. The van der Waals surface area contributed by atoms with Gasteiger partial charge in [-0.3, -0.25) is 19.3 Å². The number of fused-ring (bicyclic) bond motifs is 1. The van der Waals surface area contributed by atoms with Crippen LogP contribution in [0.1, 0.15) is 57.1 Å². The van der Waals surface area contributed by atoms with Gasteiger partial charge in [0.1, 0.15) is 24.1 Å². The maximum atomic E-state index is 15.2. The van der Waals surface area contributed by atoms with Gasteiger partial charge in [-0.2, -0.15) is 13.2 Å². The molecule has 0 aromatic heterocycles. The van der Waals surface area contributed by atoms with Gasteiger partial charge in [-0.05, 0) is 51.2 Å². The molecule has 0 radical (unpaired) electrons. The number of nitrogens with one attached hydrogen (secondary N) is 1. The molecule has 0 bridgehead atoms. The number of allylic oxidation sites excluding steroid dienone is 1. The first kappa shape index (κ1) is 25.6. The normalized spacial score (nSPS) is 17.9. The molecule has 2 aliphatic rings. The molecular weight excluding hydrogens is 463 g/mol. The first-order valence-corrected chi connectivity index (χ1v) is 10.7. The maximum Gasteiger partial charge on any atom is 0.397 e. The zero-order valence-corrected chi connectivity index (χ0v) is 18.9. The monoisotopic (exact) mass is 488 g/mol. The average molecular weight is 488 g/mol. The van der Waals surface area contributed by atoms with Crippen molar-refractivity contribution in [1.29, 1.82) is 0 Å². The number of hydrogen-bond donors (Lipinski definition) is 1. The van der Waals surface area contributed by atoms with Crippen molar-refractivity contribution < 1.29 is 41.1 Å². The van der Waals surface area contributed by atoms with E-state index in [1.807, 2.05) is 5.32 Å². The Hall–Kier alpha value is -2.98. The SMILES string of the molecule is C=C(NC(=O)CN1C(=O)C(C)(C)c2c(F)c(C3CC3)cc(F)c21)[C@@H](CC(=O)OCC)C(F)(F)F. The van der Waals surface area contributed by atoms with Gasteiger partial charge in [-0.15, -0.1) is 0 Å². The molecule has 1 N–H and O–H groups in total. The van der Waals surface area contributed by atoms with Gasteiger partial charge in [0.15, 0.2) is 0 Å². The fourth-order valence-electron chi connectivity index (χ4n) is 4.13. The minimum Gasteiger partial charge on any atom is -0.466 e. The van der Waals surface area contributed by atoms with Crippen LogP contribution in [0.25, 0.3) is 0 Å². The van der Waals surface area contributed by atoms with E-state index in [2.05, 4.69) is 11.3 Å². The number of alkyl halides is 3. The second-order valence-corrected chi connectivity index (χ2v) is 8.95. The van der Waals surface area contributed by atoms with E-state index >= 15 is 4.39 Å². The van der Waals surface area contributed by atoms with E-state index < -0.39 is 71.3 Å². The van der Waals surface area contributed by atoms with E-state index in [0.29, 0.717) is 12.8 Å². The molecule has 0 unspecified atom stereocenters. The fourth-order valence-corrected chi connectivity index (χ4v) is 4.13. The Morgan fingerprint density at radius 2 is 1.91 bits per heavy atom. The van der Waals surface area contributed by atoms with Gasteiger partial charge in [-0.25, -0.2) is 8.78 Å². The molecule has 1 aromatic carbocycles. The molecule has 1 atom stereocenters. The van der Waals surface area contributed by atoms with Crippen molar-refractivity contribution in [2.24, 2.45) is 5.92 Å². The Kier molecular flexibility index (Phi) is 6.78. The molecule has 1 heterocycles. The first-order valence-electron chi connectivity index (χ1n) is 10.7. The van der Waals surface area contributed by atoms with Crippen molar-refractivity contribution >= 4 is 23.5 Å². The van der Waals surface area contributed by atoms with Gasteiger partial charge in [0.25, 0.3) is 0 Å². The number of carbonyl (C=O) groups excluding carboxylic acids is 3. The predicted molar refractivity (Wildman–Crippen MR) is 112 cm³/mol. The Balaban J connectivity index is 1.83. The maximum absolute atomic E-state index is 15.2. The van der Waals surface area contributed by atoms with E-state index in [1.54, 1.807) is 0 Å². The van der Waals surface area contributed by atoms with E-state index in [0.717, 1.165) is 11.0 Å². The number of nitrogens with zero attached hydrogens (tertiary/aromatic N) is 1. The number of halogens is 5. The quantitative estimate of drug-likeness (QED) is 0.439. The van der Waals surface area contributed by atoms with Crippen molar-refractivity contribution in [3.8, 4) is 0 Å². The van der Waals surface area contributed by atoms with Gasteiger partial charge in [0.05, 0.1) is 24.1 Å². The summed E-state index contributed by atoms with van der Waals surface area (Å²) in [5, 5.41) is 1.94. The number of ether oxygens (including phenoxy) is 1. The molecule has 0 spiro atoms. The Morgan fingerprint density at radius 1 is 1.29 bits per heavy atom. The molecule has 11 heteroatoms. The standard InChI is InChI=1S/C23H25F5N2O4/c1-5-34-17(32)9-14(23(26,27)28)11(2)29-16(31)10-30-20-15(24)8-13(12-6-7-12)19(25)18(20)22(3,4)21(30)33/h8,12,14H,2,5-7,9-10H2,1,3-4H3,(H,29,31)/t14-/m1/s1. The number of esters is 1. The number of amides is 2. The summed E-state index contributed by atoms with van der Waals surface area (Å²) in [6, 6.07) is 1.00. The van der Waals surface area contributed by atoms with Crippen LogP contribution >= 0.6 is 0 Å². The molecular formula is C23H25F5N2O4. The number of anilines is 1. The van der Waals surface area contributed by atoms with E-state index in [4.69, 9.17) is 0 Å². The highest BCUT2D eigenvalue weighted by Gasteiger charge is 2.50. The summed E-state index contributed by atoms with van der Waals surface area (Å²) in [5.41, 5.74) is -2.73. The molecule has 1 aliphatic carbocycles. The lowest BCUT2D eigenvalue weighted by Gasteiger charge is -2.24. The van der Waals surface area contributed by atoms with Gasteiger partial charge >= 0.3 is 12.1 Å². The minimum atomic E-state index is -4.91. The number of rotatable bonds is 8. The molecule has 6 nitrogen and oxygen atoms in total. The third-order valence-corrected chi connectivity index (χ3v) is 6.00. The first-order chi connectivity index (χ1) is 15.7. The van der Waals surface area contributed by atoms with Gasteiger partial charge < -0.3 is 10.1 Å². The summed E-state index contributed by atoms with van der Waals surface area (Å²) in [7, 11) is 0. The Bertz CT molecular complexity index is 1050. The fraction of sp³-hybridized carbons (Fsp3) is 0.522. The molecule has 34 heavy (non-hydrogen) atoms. The van der Waals surface area contributed by atoms with E-state index in [9.17, 15) is 31.9 Å². The van der Waals surface area contributed by atoms with Gasteiger partial charge in [0.2, 0.25) is 11.8 Å². The molecule has 1 aliphatic heterocycles. The molecule has 1 saturated carbocycles. The molecule has 0 saturated heterocycles. The van der Waals surface area contributed by atoms with Crippen LogP contribution in [0.15, 0.2) is 18.3 Å². The number of benzene rings is 1. The van der Waals surface area contributed by atoms with E-state index in [1.165, 1.54) is 20.8 Å². The van der Waals surface area contributed by atoms with Crippen molar-refractivity contribution in [1.82, 2.24) is 5.32 Å². The highest BCUT2D eigenvalue weighted by Crippen LogP contribution is 2.50. The summed E-state index contributed by atoms with van der Waals surface area (Å²) >= 11 is 0. The van der Waals surface area contributed by atoms with Gasteiger partial charge in [0, 0.05) is 11.3 Å². The highest BCUT2D eigenvalue weighted by molar-refractivity contribution is 6.10. The molecule has 2 amide bonds. The number of hydrogen-bond acceptors (Lipinski definition) is 4. The minimum absolute atomic E-state index is 0.126. The summed E-state index contributed by atoms with van der Waals surface area (Å²) in [4.78, 5) is 37.8. The lowest BCUT2D eigenvalue weighted by Crippen LogP contribution is -2.44. The van der Waals surface area contributed by atoms with Crippen LogP contribution in [0, 0.1) is 17.6 Å². The summed E-state index contributed by atoms with van der Waals surface area (Å²) in [5.74, 6) is -7.17. The van der Waals surface area contributed by atoms with Crippen LogP contribution in [-0.4, -0.2) is 37.1 Å². The smallest absolute Gasteiger partial charge is 0.397 e. The summed E-state index contributed by atoms with van der Waals surface area (Å²) < 4.78 is 75.0. The summed E-state index contributed by atoms with van der Waals surface area (Å²) in [6.45, 7) is 6.44. The summed E-state index contributed by atoms with van der Waals surface area (Å²) in [6.07, 6.45) is -4.61. The number of carbonyl (C=O) groups is 3. The van der Waals surface area contributed by atoms with Crippen molar-refractivity contribution in [2.75, 3.05) is 18.1 Å². The Labute approximate surface area is 193 Å². The second kappa shape index (κ2) is 8.99. The Morgan fingerprint density at radius 3 is 2.44 bits per heavy atom. The van der Waals surface area contributed by atoms with Crippen LogP contribution in [0.3, 0.4) is 0 Å². The van der Waals surface area contributed by atoms with Gasteiger partial charge in [-0.1, -0.05) is 6.58 Å². The van der Waals surface area contributed by atoms with Crippen LogP contribution in [0.4, 0.5) is 27.6 Å². The predicted octanol–water partition coefficient (Wildman–Crippen LogP) is 4.23. The van der Waals surface area contributed by atoms with Crippen molar-refractivity contribution in [3.63, 3.8) is 0 Å². The molecule has 1 fully saturated rings. The lowest BCUT2D eigenvalue weighted by atomic mass is 9.84. The third-order valence-electron chi connectivity index (χ3n) is 6.00. The largest absolute Gasteiger partial charge is 0.466 e. The zero-order valence-electron chi connectivity index (χ0n) is 18.9. The lowest BCUT2D eigenvalue weighted by molar-refractivity contribution is -0.177. The zero-order chi connectivity index (χ0) is 25.6. The van der Waals surface area contributed by atoms with Crippen molar-refractivity contribution in [2.45, 2.75) is 57.5 Å². The highest BCUT2D eigenvalue weighted by atomic mass is 19.4. The van der Waals surface area contributed by atoms with Crippen molar-refractivity contribution in [3.05, 3.63) is 41.1 Å². The third kappa shape index (κ3) is 4.78. The molecule has 3 rings (SSSR count). The topological polar surface area (TPSA) is 75.7 Å². The van der Waals surface area contributed by atoms with Crippen LogP contribution in [0.5, 0.6) is 0 Å².